The lowest BCUT2D eigenvalue weighted by Crippen LogP contribution is -2.54. The zero-order valence-corrected chi connectivity index (χ0v) is 24.0. The van der Waals surface area contributed by atoms with E-state index in [-0.39, 0.29) is 48.3 Å². The Bertz CT molecular complexity index is 1370. The highest BCUT2D eigenvalue weighted by atomic mass is 19.4. The SMILES string of the molecule is C=CC(=O)N1CCN(c2nc(OC[C@@H]3CCCN3C)nc3c2CO[C@H](c2c(F)c(N)cc(C)c2C(F)(F)F)C3)[C@@H](C)C1. The number of hydrogen-bond donors (Lipinski definition) is 1. The monoisotopic (exact) mass is 592 g/mol. The molecule has 0 radical (unpaired) electrons. The fourth-order valence-electron chi connectivity index (χ4n) is 6.20. The molecule has 1 amide bonds. The van der Waals surface area contributed by atoms with E-state index >= 15 is 4.39 Å². The molecule has 0 aliphatic carbocycles. The Morgan fingerprint density at radius 2 is 2.05 bits per heavy atom. The van der Waals surface area contributed by atoms with Crippen LogP contribution in [-0.4, -0.2) is 77.6 Å². The number of likely N-dealkylation sites (tertiary alicyclic amines) is 1. The second kappa shape index (κ2) is 11.7. The van der Waals surface area contributed by atoms with Gasteiger partial charge in [0.25, 0.3) is 0 Å². The van der Waals surface area contributed by atoms with E-state index in [1.807, 2.05) is 18.9 Å². The van der Waals surface area contributed by atoms with Gasteiger partial charge in [-0.25, -0.2) is 4.39 Å². The first-order valence-corrected chi connectivity index (χ1v) is 14.1. The van der Waals surface area contributed by atoms with Crippen LogP contribution in [0.5, 0.6) is 6.01 Å². The van der Waals surface area contributed by atoms with E-state index in [0.717, 1.165) is 25.5 Å². The first-order chi connectivity index (χ1) is 19.9. The van der Waals surface area contributed by atoms with E-state index in [4.69, 9.17) is 20.2 Å². The van der Waals surface area contributed by atoms with Gasteiger partial charge in [0.1, 0.15) is 12.4 Å². The number of anilines is 2. The van der Waals surface area contributed by atoms with Crippen LogP contribution in [0.25, 0.3) is 0 Å². The van der Waals surface area contributed by atoms with Crippen LogP contribution in [0.1, 0.15) is 53.8 Å². The molecule has 2 N–H and O–H groups in total. The highest BCUT2D eigenvalue weighted by molar-refractivity contribution is 5.87. The van der Waals surface area contributed by atoms with E-state index in [0.29, 0.717) is 43.3 Å². The zero-order chi connectivity index (χ0) is 30.3. The van der Waals surface area contributed by atoms with Crippen molar-refractivity contribution in [3.8, 4) is 6.01 Å². The van der Waals surface area contributed by atoms with Crippen LogP contribution in [-0.2, 0) is 28.7 Å². The lowest BCUT2D eigenvalue weighted by molar-refractivity contribution is -0.140. The van der Waals surface area contributed by atoms with Crippen LogP contribution in [0.4, 0.5) is 29.1 Å². The van der Waals surface area contributed by atoms with Gasteiger partial charge in [-0.1, -0.05) is 6.58 Å². The summed E-state index contributed by atoms with van der Waals surface area (Å²) in [5, 5.41) is 0. The van der Waals surface area contributed by atoms with Gasteiger partial charge in [-0.15, -0.1) is 0 Å². The molecule has 5 rings (SSSR count). The summed E-state index contributed by atoms with van der Waals surface area (Å²) in [6.45, 7) is 9.28. The third-order valence-corrected chi connectivity index (χ3v) is 8.45. The summed E-state index contributed by atoms with van der Waals surface area (Å²) in [4.78, 5) is 27.5. The van der Waals surface area contributed by atoms with E-state index in [1.54, 1.807) is 4.90 Å². The van der Waals surface area contributed by atoms with Gasteiger partial charge in [-0.2, -0.15) is 23.1 Å². The van der Waals surface area contributed by atoms with E-state index in [2.05, 4.69) is 16.5 Å². The first-order valence-electron chi connectivity index (χ1n) is 14.1. The maximum Gasteiger partial charge on any atom is 0.417 e. The highest BCUT2D eigenvalue weighted by Gasteiger charge is 2.42. The summed E-state index contributed by atoms with van der Waals surface area (Å²) in [5.74, 6) is -0.776. The average Bonchev–Trinajstić information content (AvgIpc) is 3.36. The Balaban J connectivity index is 1.52. The molecule has 3 atom stereocenters. The number of nitrogens with zero attached hydrogens (tertiary/aromatic N) is 5. The Kier molecular flexibility index (Phi) is 8.35. The molecule has 1 aromatic carbocycles. The van der Waals surface area contributed by atoms with Crippen LogP contribution in [0.3, 0.4) is 0 Å². The number of benzene rings is 1. The van der Waals surface area contributed by atoms with Crippen LogP contribution < -0.4 is 15.4 Å². The van der Waals surface area contributed by atoms with Crippen molar-refractivity contribution < 1.29 is 31.8 Å². The smallest absolute Gasteiger partial charge is 0.417 e. The van der Waals surface area contributed by atoms with Crippen molar-refractivity contribution in [1.29, 1.82) is 0 Å². The number of aryl methyl sites for hydroxylation is 1. The Morgan fingerprint density at radius 3 is 2.69 bits per heavy atom. The number of fused-ring (bicyclic) bond motifs is 1. The molecular weight excluding hydrogens is 556 g/mol. The highest BCUT2D eigenvalue weighted by Crippen LogP contribution is 2.44. The predicted octanol–water partition coefficient (Wildman–Crippen LogP) is 4.04. The number of alkyl halides is 3. The topological polar surface area (TPSA) is 97.0 Å². The number of hydrogen-bond acceptors (Lipinski definition) is 8. The summed E-state index contributed by atoms with van der Waals surface area (Å²) < 4.78 is 69.7. The maximum atomic E-state index is 15.3. The molecule has 4 heterocycles. The fraction of sp³-hybridized carbons (Fsp3) is 0.552. The van der Waals surface area contributed by atoms with E-state index in [1.165, 1.54) is 13.0 Å². The normalized spacial score (nSPS) is 23.2. The van der Waals surface area contributed by atoms with Gasteiger partial charge in [-0.05, 0) is 58.0 Å². The summed E-state index contributed by atoms with van der Waals surface area (Å²) in [7, 11) is 2.02. The lowest BCUT2D eigenvalue weighted by Gasteiger charge is -2.41. The molecule has 0 bridgehead atoms. The minimum absolute atomic E-state index is 0.0989. The fourth-order valence-corrected chi connectivity index (χ4v) is 6.20. The van der Waals surface area contributed by atoms with Gasteiger partial charge < -0.3 is 29.9 Å². The first kappa shape index (κ1) is 30.0. The average molecular weight is 593 g/mol. The second-order valence-electron chi connectivity index (χ2n) is 11.3. The Morgan fingerprint density at radius 1 is 1.29 bits per heavy atom. The number of ether oxygens (including phenoxy) is 2. The van der Waals surface area contributed by atoms with Gasteiger partial charge in [0.15, 0.2) is 5.82 Å². The number of nitrogens with two attached hydrogens (primary N) is 1. The van der Waals surface area contributed by atoms with Crippen molar-refractivity contribution in [3.63, 3.8) is 0 Å². The van der Waals surface area contributed by atoms with Gasteiger partial charge in [0.05, 0.1) is 29.7 Å². The number of rotatable bonds is 6. The third kappa shape index (κ3) is 5.76. The van der Waals surface area contributed by atoms with Crippen molar-refractivity contribution in [2.24, 2.45) is 0 Å². The molecular formula is C29H36F4N6O3. The predicted molar refractivity (Wildman–Crippen MR) is 149 cm³/mol. The number of carbonyl (C=O) groups is 1. The summed E-state index contributed by atoms with van der Waals surface area (Å²) in [6.07, 6.45) is -2.91. The van der Waals surface area contributed by atoms with Crippen molar-refractivity contribution in [3.05, 3.63) is 52.5 Å². The van der Waals surface area contributed by atoms with Crippen molar-refractivity contribution in [2.45, 2.75) is 64.1 Å². The number of piperazine rings is 1. The van der Waals surface area contributed by atoms with E-state index in [9.17, 15) is 18.0 Å². The minimum Gasteiger partial charge on any atom is -0.462 e. The summed E-state index contributed by atoms with van der Waals surface area (Å²) in [6, 6.07) is 1.14. The molecule has 2 fully saturated rings. The van der Waals surface area contributed by atoms with Crippen LogP contribution in [0.15, 0.2) is 18.7 Å². The van der Waals surface area contributed by atoms with Gasteiger partial charge in [0.2, 0.25) is 5.91 Å². The van der Waals surface area contributed by atoms with Crippen LogP contribution in [0.2, 0.25) is 0 Å². The quantitative estimate of drug-likeness (QED) is 0.305. The lowest BCUT2D eigenvalue weighted by atomic mass is 9.91. The number of likely N-dealkylation sites (N-methyl/N-ethyl adjacent to an activating group) is 1. The van der Waals surface area contributed by atoms with Crippen LogP contribution >= 0.6 is 0 Å². The molecule has 9 nitrogen and oxygen atoms in total. The molecule has 42 heavy (non-hydrogen) atoms. The maximum absolute atomic E-state index is 15.3. The molecule has 13 heteroatoms. The molecule has 3 aliphatic heterocycles. The number of amides is 1. The number of aromatic nitrogens is 2. The zero-order valence-electron chi connectivity index (χ0n) is 24.0. The van der Waals surface area contributed by atoms with Gasteiger partial charge in [-0.3, -0.25) is 4.79 Å². The number of nitrogen functional groups attached to an aromatic ring is 1. The number of carbonyl (C=O) groups excluding carboxylic acids is 1. The molecule has 2 saturated heterocycles. The van der Waals surface area contributed by atoms with Crippen molar-refractivity contribution in [2.75, 3.05) is 50.5 Å². The standard InChI is InChI=1S/C29H36F4N6O3/c1-5-23(40)38-9-10-39(17(3)13-38)27-19-15-41-22(24-25(29(31,32)33)16(2)11-20(34)26(24)30)12-21(19)35-28(36-27)42-14-18-7-6-8-37(18)4/h5,11,17-18,22H,1,6-10,12-15,34H2,2-4H3/t17-,18-,22-/m0/s1. The van der Waals surface area contributed by atoms with Gasteiger partial charge in [0, 0.05) is 49.3 Å². The molecule has 3 aliphatic rings. The summed E-state index contributed by atoms with van der Waals surface area (Å²) >= 11 is 0. The van der Waals surface area contributed by atoms with Crippen molar-refractivity contribution in [1.82, 2.24) is 19.8 Å². The largest absolute Gasteiger partial charge is 0.462 e. The molecule has 0 unspecified atom stereocenters. The summed E-state index contributed by atoms with van der Waals surface area (Å²) in [5.41, 5.74) is 4.52. The van der Waals surface area contributed by atoms with E-state index < -0.39 is 29.2 Å². The molecule has 2 aromatic rings. The van der Waals surface area contributed by atoms with Gasteiger partial charge >= 0.3 is 12.2 Å². The van der Waals surface area contributed by atoms with Crippen LogP contribution in [0, 0.1) is 12.7 Å². The number of halogens is 4. The minimum atomic E-state index is -4.81. The molecule has 228 valence electrons. The molecule has 0 saturated carbocycles. The Hall–Kier alpha value is -3.45. The Labute approximate surface area is 242 Å². The third-order valence-electron chi connectivity index (χ3n) is 8.45. The molecule has 1 aromatic heterocycles. The van der Waals surface area contributed by atoms with Crippen molar-refractivity contribution >= 4 is 17.4 Å². The second-order valence-corrected chi connectivity index (χ2v) is 11.3. The molecule has 0 spiro atoms.